The zero-order valence-corrected chi connectivity index (χ0v) is 7.96. The van der Waals surface area contributed by atoms with Crippen molar-refractivity contribution in [1.82, 2.24) is 4.90 Å². The van der Waals surface area contributed by atoms with Gasteiger partial charge in [0.2, 0.25) is 0 Å². The van der Waals surface area contributed by atoms with E-state index in [1.54, 1.807) is 0 Å². The summed E-state index contributed by atoms with van der Waals surface area (Å²) in [6.45, 7) is 7.14. The summed E-state index contributed by atoms with van der Waals surface area (Å²) < 4.78 is 0. The topological polar surface area (TPSA) is 41.6 Å². The van der Waals surface area contributed by atoms with E-state index in [1.165, 1.54) is 0 Å². The average Bonchev–Trinajstić information content (AvgIpc) is 1.86. The van der Waals surface area contributed by atoms with E-state index < -0.39 is 0 Å². The third kappa shape index (κ3) is 4.65. The van der Waals surface area contributed by atoms with Gasteiger partial charge in [-0.05, 0) is 20.3 Å². The molecule has 0 fully saturated rings. The lowest BCUT2D eigenvalue weighted by Crippen LogP contribution is -2.35. The molecule has 0 bridgehead atoms. The van der Waals surface area contributed by atoms with Gasteiger partial charge < -0.3 is 10.6 Å². The minimum Gasteiger partial charge on any atom is -0.370 e. The quantitative estimate of drug-likeness (QED) is 0.491. The van der Waals surface area contributed by atoms with Crippen LogP contribution < -0.4 is 5.73 Å². The Labute approximate surface area is 69.3 Å². The molecule has 0 aliphatic carbocycles. The molecule has 0 saturated carbocycles. The van der Waals surface area contributed by atoms with Crippen LogP contribution in [0, 0.1) is 0 Å². The molecular formula is C8H19N3. The van der Waals surface area contributed by atoms with Crippen LogP contribution in [0.1, 0.15) is 27.2 Å². The van der Waals surface area contributed by atoms with E-state index in [-0.39, 0.29) is 6.04 Å². The van der Waals surface area contributed by atoms with Crippen LogP contribution >= 0.6 is 0 Å². The maximum absolute atomic E-state index is 5.68. The van der Waals surface area contributed by atoms with Gasteiger partial charge in [0.1, 0.15) is 0 Å². The summed E-state index contributed by atoms with van der Waals surface area (Å²) in [5.74, 6) is 0.641. The number of aliphatic imine (C=N–C) groups is 1. The molecule has 66 valence electrons. The molecule has 11 heavy (non-hydrogen) atoms. The summed E-state index contributed by atoms with van der Waals surface area (Å²) in [7, 11) is 1.96. The summed E-state index contributed by atoms with van der Waals surface area (Å²) in [4.78, 5) is 6.19. The monoisotopic (exact) mass is 157 g/mol. The number of guanidine groups is 1. The van der Waals surface area contributed by atoms with Crippen LogP contribution in [0.25, 0.3) is 0 Å². The zero-order valence-electron chi connectivity index (χ0n) is 7.96. The van der Waals surface area contributed by atoms with Gasteiger partial charge in [-0.25, -0.2) is 0 Å². The van der Waals surface area contributed by atoms with Crippen molar-refractivity contribution in [2.45, 2.75) is 33.2 Å². The van der Waals surface area contributed by atoms with Crippen molar-refractivity contribution in [1.29, 1.82) is 0 Å². The van der Waals surface area contributed by atoms with Crippen LogP contribution in [-0.2, 0) is 0 Å². The molecule has 0 aliphatic heterocycles. The van der Waals surface area contributed by atoms with E-state index in [0.717, 1.165) is 13.0 Å². The van der Waals surface area contributed by atoms with Crippen LogP contribution in [0.15, 0.2) is 4.99 Å². The first-order valence-electron chi connectivity index (χ1n) is 4.12. The molecular weight excluding hydrogens is 138 g/mol. The average molecular weight is 157 g/mol. The van der Waals surface area contributed by atoms with Crippen molar-refractivity contribution >= 4 is 5.96 Å². The van der Waals surface area contributed by atoms with E-state index in [9.17, 15) is 0 Å². The summed E-state index contributed by atoms with van der Waals surface area (Å²) in [5, 5.41) is 0. The van der Waals surface area contributed by atoms with Crippen LogP contribution in [0.3, 0.4) is 0 Å². The number of nitrogens with two attached hydrogens (primary N) is 1. The molecule has 0 heterocycles. The summed E-state index contributed by atoms with van der Waals surface area (Å²) >= 11 is 0. The van der Waals surface area contributed by atoms with Gasteiger partial charge in [-0.1, -0.05) is 6.92 Å². The highest BCUT2D eigenvalue weighted by molar-refractivity contribution is 5.77. The molecule has 0 rings (SSSR count). The minimum absolute atomic E-state index is 0.286. The van der Waals surface area contributed by atoms with E-state index >= 15 is 0 Å². The zero-order chi connectivity index (χ0) is 8.85. The Hall–Kier alpha value is -0.730. The van der Waals surface area contributed by atoms with Gasteiger partial charge in [0.05, 0.1) is 0 Å². The molecule has 0 radical (unpaired) electrons. The van der Waals surface area contributed by atoms with Gasteiger partial charge >= 0.3 is 0 Å². The van der Waals surface area contributed by atoms with Crippen molar-refractivity contribution in [3.8, 4) is 0 Å². The van der Waals surface area contributed by atoms with Crippen LogP contribution in [0.5, 0.6) is 0 Å². The van der Waals surface area contributed by atoms with Crippen molar-refractivity contribution in [3.63, 3.8) is 0 Å². The molecule has 0 aromatic carbocycles. The Morgan fingerprint density at radius 2 is 2.09 bits per heavy atom. The van der Waals surface area contributed by atoms with Gasteiger partial charge in [-0.2, -0.15) is 0 Å². The number of nitrogens with zero attached hydrogens (tertiary/aromatic N) is 2. The fourth-order valence-electron chi connectivity index (χ4n) is 0.813. The van der Waals surface area contributed by atoms with Gasteiger partial charge in [0, 0.05) is 19.6 Å². The van der Waals surface area contributed by atoms with E-state index in [0.29, 0.717) is 5.96 Å². The molecule has 3 heteroatoms. The van der Waals surface area contributed by atoms with Gasteiger partial charge in [-0.15, -0.1) is 0 Å². The highest BCUT2D eigenvalue weighted by Gasteiger charge is 1.99. The van der Waals surface area contributed by atoms with Crippen molar-refractivity contribution in [2.24, 2.45) is 10.7 Å². The fraction of sp³-hybridized carbons (Fsp3) is 0.875. The lowest BCUT2D eigenvalue weighted by molar-refractivity contribution is 0.490. The Balaban J connectivity index is 3.89. The Bertz CT molecular complexity index is 129. The van der Waals surface area contributed by atoms with Crippen molar-refractivity contribution in [3.05, 3.63) is 0 Å². The summed E-state index contributed by atoms with van der Waals surface area (Å²) in [5.41, 5.74) is 5.68. The Morgan fingerprint density at radius 3 is 2.45 bits per heavy atom. The highest BCUT2D eigenvalue weighted by Crippen LogP contribution is 1.90. The molecule has 0 aromatic heterocycles. The molecule has 0 saturated heterocycles. The normalized spacial score (nSPS) is 12.3. The molecule has 0 amide bonds. The Morgan fingerprint density at radius 1 is 1.55 bits per heavy atom. The predicted molar refractivity (Wildman–Crippen MR) is 49.7 cm³/mol. The molecule has 3 nitrogen and oxygen atoms in total. The van der Waals surface area contributed by atoms with Gasteiger partial charge in [0.15, 0.2) is 5.96 Å². The lowest BCUT2D eigenvalue weighted by atomic mass is 10.4. The number of rotatable bonds is 3. The maximum atomic E-state index is 5.68. The Kier molecular flexibility index (Phi) is 4.66. The van der Waals surface area contributed by atoms with Gasteiger partial charge in [-0.3, -0.25) is 4.99 Å². The SMILES string of the molecule is CCCN(C)C(N)=NC(C)C. The third-order valence-corrected chi connectivity index (χ3v) is 1.34. The second-order valence-electron chi connectivity index (χ2n) is 3.00. The van der Waals surface area contributed by atoms with Crippen LogP contribution in [0.4, 0.5) is 0 Å². The second-order valence-corrected chi connectivity index (χ2v) is 3.00. The highest BCUT2D eigenvalue weighted by atomic mass is 15.2. The van der Waals surface area contributed by atoms with E-state index in [2.05, 4.69) is 11.9 Å². The van der Waals surface area contributed by atoms with E-state index in [1.807, 2.05) is 25.8 Å². The summed E-state index contributed by atoms with van der Waals surface area (Å²) in [6, 6.07) is 0.286. The smallest absolute Gasteiger partial charge is 0.191 e. The minimum atomic E-state index is 0.286. The molecule has 0 aliphatic rings. The first-order chi connectivity index (χ1) is 5.07. The van der Waals surface area contributed by atoms with Crippen molar-refractivity contribution in [2.75, 3.05) is 13.6 Å². The molecule has 0 unspecified atom stereocenters. The first-order valence-corrected chi connectivity index (χ1v) is 4.12. The molecule has 0 spiro atoms. The number of hydrogen-bond acceptors (Lipinski definition) is 1. The first kappa shape index (κ1) is 10.3. The molecule has 0 aromatic rings. The molecule has 0 atom stereocenters. The maximum Gasteiger partial charge on any atom is 0.191 e. The standard InChI is InChI=1S/C8H19N3/c1-5-6-11(4)8(9)10-7(2)3/h7H,5-6H2,1-4H3,(H2,9,10). The van der Waals surface area contributed by atoms with Crippen LogP contribution in [0.2, 0.25) is 0 Å². The third-order valence-electron chi connectivity index (χ3n) is 1.34. The number of hydrogen-bond donors (Lipinski definition) is 1. The largest absolute Gasteiger partial charge is 0.370 e. The lowest BCUT2D eigenvalue weighted by Gasteiger charge is -2.17. The van der Waals surface area contributed by atoms with E-state index in [4.69, 9.17) is 5.73 Å². The predicted octanol–water partition coefficient (Wildman–Crippen LogP) is 1.05. The molecule has 2 N–H and O–H groups in total. The van der Waals surface area contributed by atoms with Crippen LogP contribution in [-0.4, -0.2) is 30.5 Å². The second kappa shape index (κ2) is 4.99. The van der Waals surface area contributed by atoms with Crippen molar-refractivity contribution < 1.29 is 0 Å². The summed E-state index contributed by atoms with van der Waals surface area (Å²) in [6.07, 6.45) is 1.10. The fourth-order valence-corrected chi connectivity index (χ4v) is 0.813. The van der Waals surface area contributed by atoms with Gasteiger partial charge in [0.25, 0.3) is 0 Å².